The quantitative estimate of drug-likeness (QED) is 0.401. The van der Waals surface area contributed by atoms with Gasteiger partial charge in [0.15, 0.2) is 0 Å². The molecule has 0 heterocycles. The zero-order valence-corrected chi connectivity index (χ0v) is 15.2. The lowest BCUT2D eigenvalue weighted by molar-refractivity contribution is 0.110. The van der Waals surface area contributed by atoms with Gasteiger partial charge in [-0.25, -0.2) is 4.57 Å². The van der Waals surface area contributed by atoms with Crippen molar-refractivity contribution in [3.63, 3.8) is 0 Å². The van der Waals surface area contributed by atoms with Crippen LogP contribution in [0.2, 0.25) is 0 Å². The fraction of sp³-hybridized carbons (Fsp3) is 1.00. The molecule has 0 spiro atoms. The van der Waals surface area contributed by atoms with E-state index in [1.54, 1.807) is 0 Å². The molecular formula is C16H35O4P. The molecule has 1 N–H and O–H groups in total. The Hall–Kier alpha value is 0.110. The highest BCUT2D eigenvalue weighted by molar-refractivity contribution is 7.47. The predicted molar refractivity (Wildman–Crippen MR) is 88.3 cm³/mol. The summed E-state index contributed by atoms with van der Waals surface area (Å²) in [4.78, 5) is 4.30. The molecule has 21 heavy (non-hydrogen) atoms. The second-order valence-electron chi connectivity index (χ2n) is 5.87. The minimum absolute atomic E-state index is 0.332. The molecule has 0 aromatic heterocycles. The molecule has 0 aromatic carbocycles. The molecule has 0 saturated carbocycles. The summed E-state index contributed by atoms with van der Waals surface area (Å²) in [5, 5.41) is 0. The van der Waals surface area contributed by atoms with E-state index in [0.29, 0.717) is 25.0 Å². The molecule has 0 fully saturated rings. The Balaban J connectivity index is 4.29. The van der Waals surface area contributed by atoms with Crippen molar-refractivity contribution in [1.82, 2.24) is 0 Å². The third-order valence-electron chi connectivity index (χ3n) is 4.02. The van der Waals surface area contributed by atoms with Crippen molar-refractivity contribution in [2.45, 2.75) is 79.1 Å². The highest BCUT2D eigenvalue weighted by Gasteiger charge is 2.24. The molecule has 0 radical (unpaired) electrons. The van der Waals surface area contributed by atoms with Crippen molar-refractivity contribution in [3.8, 4) is 0 Å². The van der Waals surface area contributed by atoms with Crippen LogP contribution < -0.4 is 0 Å². The van der Waals surface area contributed by atoms with Gasteiger partial charge in [-0.05, 0) is 24.7 Å². The van der Waals surface area contributed by atoms with Crippen molar-refractivity contribution >= 4 is 7.82 Å². The van der Waals surface area contributed by atoms with Gasteiger partial charge in [0, 0.05) is 0 Å². The average Bonchev–Trinajstić information content (AvgIpc) is 2.55. The van der Waals surface area contributed by atoms with Gasteiger partial charge in [0.2, 0.25) is 1.43 Å². The van der Waals surface area contributed by atoms with Crippen LogP contribution in [0.4, 0.5) is 0 Å². The van der Waals surface area contributed by atoms with Crippen molar-refractivity contribution in [1.29, 1.82) is 1.43 Å². The van der Waals surface area contributed by atoms with Crippen molar-refractivity contribution < 1.29 is 18.5 Å². The average molecular weight is 323 g/mol. The summed E-state index contributed by atoms with van der Waals surface area (Å²) in [7, 11) is -3.73. The summed E-state index contributed by atoms with van der Waals surface area (Å²) >= 11 is 0. The van der Waals surface area contributed by atoms with E-state index >= 15 is 0 Å². The van der Waals surface area contributed by atoms with Crippen molar-refractivity contribution in [2.24, 2.45) is 11.8 Å². The Kier molecular flexibility index (Phi) is 11.5. The SMILES string of the molecule is [2H]OP(=O)(OCC(CC)CCCC)OCC(CC)CCCC. The highest BCUT2D eigenvalue weighted by atomic mass is 31.2. The van der Waals surface area contributed by atoms with E-state index in [9.17, 15) is 4.57 Å². The Morgan fingerprint density at radius 1 is 0.952 bits per heavy atom. The maximum atomic E-state index is 12.3. The number of rotatable bonds is 15. The van der Waals surface area contributed by atoms with E-state index < -0.39 is 7.82 Å². The smallest absolute Gasteiger partial charge is 0.302 e. The van der Waals surface area contributed by atoms with E-state index in [4.69, 9.17) is 10.5 Å². The molecule has 0 bridgehead atoms. The van der Waals surface area contributed by atoms with Gasteiger partial charge in [0.25, 0.3) is 0 Å². The number of hydrogen-bond donors (Lipinski definition) is 1. The molecule has 5 heteroatoms. The Morgan fingerprint density at radius 3 is 1.67 bits per heavy atom. The van der Waals surface area contributed by atoms with Crippen molar-refractivity contribution in [2.75, 3.05) is 13.2 Å². The van der Waals surface area contributed by atoms with Gasteiger partial charge < -0.3 is 4.90 Å². The van der Waals surface area contributed by atoms with Crippen LogP contribution in [-0.2, 0) is 13.6 Å². The monoisotopic (exact) mass is 323 g/mol. The lowest BCUT2D eigenvalue weighted by Gasteiger charge is -2.20. The van der Waals surface area contributed by atoms with E-state index in [1.165, 1.54) is 0 Å². The highest BCUT2D eigenvalue weighted by Crippen LogP contribution is 2.44. The van der Waals surface area contributed by atoms with Crippen LogP contribution in [0.25, 0.3) is 0 Å². The molecule has 0 aliphatic rings. The van der Waals surface area contributed by atoms with Gasteiger partial charge in [-0.15, -0.1) is 0 Å². The van der Waals surface area contributed by atoms with Crippen LogP contribution in [-0.4, -0.2) is 19.5 Å². The number of unbranched alkanes of at least 4 members (excludes halogenated alkanes) is 2. The Labute approximate surface area is 132 Å². The minimum Gasteiger partial charge on any atom is -0.302 e. The molecule has 0 aliphatic heterocycles. The first-order valence-corrected chi connectivity index (χ1v) is 10.0. The van der Waals surface area contributed by atoms with Gasteiger partial charge in [0.1, 0.15) is 0 Å². The summed E-state index contributed by atoms with van der Waals surface area (Å²) in [6, 6.07) is 0. The molecule has 4 nitrogen and oxygen atoms in total. The summed E-state index contributed by atoms with van der Waals surface area (Å²) < 4.78 is 30.0. The molecule has 0 saturated heterocycles. The molecular weight excluding hydrogens is 287 g/mol. The summed E-state index contributed by atoms with van der Waals surface area (Å²) in [6.45, 7) is 9.14. The second kappa shape index (κ2) is 12.6. The zero-order valence-electron chi connectivity index (χ0n) is 15.3. The molecule has 2 unspecified atom stereocenters. The maximum absolute atomic E-state index is 12.3. The topological polar surface area (TPSA) is 55.8 Å². The van der Waals surface area contributed by atoms with Gasteiger partial charge in [-0.1, -0.05) is 66.2 Å². The van der Waals surface area contributed by atoms with Crippen LogP contribution >= 0.6 is 7.82 Å². The first-order chi connectivity index (χ1) is 10.5. The molecule has 128 valence electrons. The van der Waals surface area contributed by atoms with E-state index in [0.717, 1.165) is 51.4 Å². The fourth-order valence-electron chi connectivity index (χ4n) is 2.23. The molecule has 0 amide bonds. The van der Waals surface area contributed by atoms with Gasteiger partial charge in [-0.2, -0.15) is 0 Å². The van der Waals surface area contributed by atoms with Crippen LogP contribution in [0, 0.1) is 11.8 Å². The fourth-order valence-corrected chi connectivity index (χ4v) is 3.09. The summed E-state index contributed by atoms with van der Waals surface area (Å²) in [5.41, 5.74) is 0. The number of hydrogen-bond acceptors (Lipinski definition) is 4. The first-order valence-electron chi connectivity index (χ1n) is 8.99. The largest absolute Gasteiger partial charge is 0.472 e. The summed E-state index contributed by atoms with van der Waals surface area (Å²) in [5.74, 6) is 0.683. The van der Waals surface area contributed by atoms with E-state index in [2.05, 4.69) is 32.6 Å². The van der Waals surface area contributed by atoms with Gasteiger partial charge in [0.05, 0.1) is 13.2 Å². The van der Waals surface area contributed by atoms with Gasteiger partial charge >= 0.3 is 7.82 Å². The Bertz CT molecular complexity index is 278. The number of phosphoric ester groups is 1. The predicted octanol–water partition coefficient (Wildman–Crippen LogP) is 5.55. The summed E-state index contributed by atoms with van der Waals surface area (Å²) in [6.07, 6.45) is 8.54. The standard InChI is InChI=1S/C16H35O4P/c1-5-9-11-15(7-3)13-19-21(17,18)20-14-16(8-4)12-10-6-2/h15-16H,5-14H2,1-4H3,(H,17,18)/i/hD. The number of phosphoric acid groups is 1. The van der Waals surface area contributed by atoms with E-state index in [-0.39, 0.29) is 0 Å². The first kappa shape index (κ1) is 19.2. The van der Waals surface area contributed by atoms with Crippen molar-refractivity contribution in [3.05, 3.63) is 0 Å². The van der Waals surface area contributed by atoms with Crippen LogP contribution in [0.3, 0.4) is 0 Å². The third-order valence-corrected chi connectivity index (χ3v) is 4.95. The molecule has 0 aliphatic carbocycles. The normalized spacial score (nSPS) is 18.0. The van der Waals surface area contributed by atoms with Gasteiger partial charge in [-0.3, -0.25) is 9.05 Å². The zero-order chi connectivity index (χ0) is 16.8. The third kappa shape index (κ3) is 11.3. The van der Waals surface area contributed by atoms with Crippen LogP contribution in [0.1, 0.15) is 79.1 Å². The minimum atomic E-state index is -3.73. The van der Waals surface area contributed by atoms with E-state index in [1.807, 2.05) is 0 Å². The molecule has 2 atom stereocenters. The van der Waals surface area contributed by atoms with Crippen LogP contribution in [0.5, 0.6) is 0 Å². The second-order valence-corrected chi connectivity index (χ2v) is 7.28. The lowest BCUT2D eigenvalue weighted by atomic mass is 10.0. The maximum Gasteiger partial charge on any atom is 0.472 e. The molecule has 0 rings (SSSR count). The van der Waals surface area contributed by atoms with Crippen LogP contribution in [0.15, 0.2) is 0 Å². The lowest BCUT2D eigenvalue weighted by Crippen LogP contribution is -2.12. The molecule has 0 aromatic rings. The Morgan fingerprint density at radius 2 is 1.38 bits per heavy atom.